The summed E-state index contributed by atoms with van der Waals surface area (Å²) in [5.41, 5.74) is 21.1. The first-order valence-electron chi connectivity index (χ1n) is 12.8. The number of pyridine rings is 2. The van der Waals surface area contributed by atoms with Crippen molar-refractivity contribution in [3.05, 3.63) is 144 Å². The molecule has 42 heavy (non-hydrogen) atoms. The average Bonchev–Trinajstić information content (AvgIpc) is 2.97. The van der Waals surface area contributed by atoms with Gasteiger partial charge in [0.1, 0.15) is 0 Å². The van der Waals surface area contributed by atoms with E-state index < -0.39 is 0 Å². The van der Waals surface area contributed by atoms with E-state index in [0.29, 0.717) is 0 Å². The second-order valence-corrected chi connectivity index (χ2v) is 9.65. The van der Waals surface area contributed by atoms with Gasteiger partial charge in [0.15, 0.2) is 25.5 Å². The summed E-state index contributed by atoms with van der Waals surface area (Å²) < 4.78 is 4.48. The second kappa shape index (κ2) is 15.2. The maximum atomic E-state index is 6.16. The molecule has 0 saturated heterocycles. The van der Waals surface area contributed by atoms with E-state index in [1.54, 1.807) is 0 Å². The smallest absolute Gasteiger partial charge is 0.214 e. The summed E-state index contributed by atoms with van der Waals surface area (Å²) in [5, 5.41) is 2.17. The van der Waals surface area contributed by atoms with Gasteiger partial charge in [-0.15, -0.1) is 0 Å². The van der Waals surface area contributed by atoms with Crippen molar-refractivity contribution in [2.75, 3.05) is 11.5 Å². The number of aromatic nitrogens is 2. The number of anilines is 2. The van der Waals surface area contributed by atoms with Crippen LogP contribution in [0.2, 0.25) is 0 Å². The number of rotatable bonds is 6. The van der Waals surface area contributed by atoms with E-state index in [4.69, 9.17) is 11.5 Å². The molecule has 0 radical (unpaired) electrons. The lowest BCUT2D eigenvalue weighted by Crippen LogP contribution is -3.00. The fourth-order valence-corrected chi connectivity index (χ4v) is 4.95. The van der Waals surface area contributed by atoms with Gasteiger partial charge in [-0.05, 0) is 23.3 Å². The summed E-state index contributed by atoms with van der Waals surface area (Å²) in [4.78, 5) is 0. The summed E-state index contributed by atoms with van der Waals surface area (Å²) in [7, 11) is 0. The van der Waals surface area contributed by atoms with Crippen molar-refractivity contribution < 1.29 is 54.0 Å². The van der Waals surface area contributed by atoms with Gasteiger partial charge in [0.05, 0.1) is 22.1 Å². The third-order valence-corrected chi connectivity index (χ3v) is 7.05. The zero-order valence-corrected chi connectivity index (χ0v) is 26.1. The van der Waals surface area contributed by atoms with E-state index in [9.17, 15) is 0 Å². The molecule has 2 heterocycles. The number of benzene rings is 4. The van der Waals surface area contributed by atoms with Crippen LogP contribution < -0.4 is 54.6 Å². The maximum absolute atomic E-state index is 6.16. The van der Waals surface area contributed by atoms with Crippen molar-refractivity contribution in [1.82, 2.24) is 0 Å². The number of para-hydroxylation sites is 2. The minimum absolute atomic E-state index is 0. The molecule has 0 spiro atoms. The Labute approximate surface area is 266 Å². The van der Waals surface area contributed by atoms with Crippen LogP contribution in [0.1, 0.15) is 22.3 Å². The van der Waals surface area contributed by atoms with Crippen molar-refractivity contribution in [3.63, 3.8) is 0 Å². The van der Waals surface area contributed by atoms with Crippen molar-refractivity contribution in [3.8, 4) is 0 Å². The first kappa shape index (κ1) is 34.1. The molecule has 216 valence electrons. The van der Waals surface area contributed by atoms with Crippen LogP contribution in [0.25, 0.3) is 34.0 Å². The number of fused-ring (bicyclic) bond motifs is 2. The maximum Gasteiger partial charge on any atom is 0.214 e. The van der Waals surface area contributed by atoms with Gasteiger partial charge in [0.2, 0.25) is 11.0 Å². The predicted octanol–water partition coefficient (Wildman–Crippen LogP) is -1.64. The summed E-state index contributed by atoms with van der Waals surface area (Å²) in [6.07, 6.45) is 8.44. The Kier molecular flexibility index (Phi) is 12.4. The van der Waals surface area contributed by atoms with Crippen LogP contribution in [-0.4, -0.2) is 11.0 Å². The fourth-order valence-electron chi connectivity index (χ4n) is 4.95. The summed E-state index contributed by atoms with van der Waals surface area (Å²) >= 11 is 0. The highest BCUT2D eigenvalue weighted by Gasteiger charge is 2.12. The molecular formula is C34H34Br2N4O2. The second-order valence-electron chi connectivity index (χ2n) is 9.65. The Hall–Kier alpha value is -4.08. The van der Waals surface area contributed by atoms with Gasteiger partial charge in [-0.2, -0.15) is 9.13 Å². The van der Waals surface area contributed by atoms with E-state index in [1.807, 2.05) is 24.3 Å². The zero-order chi connectivity index (χ0) is 25.9. The zero-order valence-electron chi connectivity index (χ0n) is 22.9. The third kappa shape index (κ3) is 7.40. The molecule has 0 unspecified atom stereocenters. The lowest BCUT2D eigenvalue weighted by atomic mass is 10.1. The number of halogens is 2. The topological polar surface area (TPSA) is 123 Å². The van der Waals surface area contributed by atoms with Crippen molar-refractivity contribution in [2.45, 2.75) is 13.1 Å². The quantitative estimate of drug-likeness (QED) is 0.161. The minimum atomic E-state index is 0. The highest BCUT2D eigenvalue weighted by atomic mass is 79.9. The molecule has 8 N–H and O–H groups in total. The highest BCUT2D eigenvalue weighted by molar-refractivity contribution is 5.88. The molecule has 0 aliphatic carbocycles. The number of nitrogens with two attached hydrogens (primary N) is 2. The van der Waals surface area contributed by atoms with Crippen LogP contribution in [-0.2, 0) is 13.1 Å². The fraction of sp³-hybridized carbons (Fsp3) is 0.0588. The van der Waals surface area contributed by atoms with Crippen molar-refractivity contribution in [1.29, 1.82) is 0 Å². The Morgan fingerprint density at radius 1 is 0.476 bits per heavy atom. The molecule has 0 aliphatic heterocycles. The van der Waals surface area contributed by atoms with E-state index in [-0.39, 0.29) is 44.9 Å². The Morgan fingerprint density at radius 3 is 1.21 bits per heavy atom. The Bertz CT molecular complexity index is 1660. The predicted molar refractivity (Wildman–Crippen MR) is 164 cm³/mol. The molecule has 2 aromatic heterocycles. The van der Waals surface area contributed by atoms with Gasteiger partial charge in [0.25, 0.3) is 0 Å². The number of hydrogen-bond acceptors (Lipinski definition) is 2. The molecule has 8 heteroatoms. The molecule has 6 aromatic rings. The van der Waals surface area contributed by atoms with Crippen LogP contribution >= 0.6 is 0 Å². The molecule has 6 rings (SSSR count). The molecule has 0 fully saturated rings. The van der Waals surface area contributed by atoms with Crippen molar-refractivity contribution >= 4 is 45.3 Å². The molecule has 0 bridgehead atoms. The van der Waals surface area contributed by atoms with E-state index >= 15 is 0 Å². The largest absolute Gasteiger partial charge is 1.00 e. The SMILES string of the molecule is Nc1cc[n+](Cc2ccc(/C=C/c3ccc(C[n+]4ccc(N)c5ccccc54)cc3)cc2)c2ccccc12.O.O.[Br-].[Br-]. The lowest BCUT2D eigenvalue weighted by molar-refractivity contribution is -0.662. The number of nitrogen functional groups attached to an aromatic ring is 2. The van der Waals surface area contributed by atoms with Crippen LogP contribution in [0, 0.1) is 0 Å². The standard InChI is InChI=1S/C34H28N4.2BrH.2H2O/c35-31-19-21-37(33-7-3-1-5-29(31)33)23-27-15-11-25(12-16-27)9-10-26-13-17-28(18-14-26)24-38-22-20-32(36)30-6-2-4-8-34(30)38;;;;/h1-22,35-36H,23-24H2;2*1H;2*1H2/b10-9+;;;;. The first-order chi connectivity index (χ1) is 18.6. The minimum Gasteiger partial charge on any atom is -1.00 e. The van der Waals surface area contributed by atoms with Gasteiger partial charge < -0.3 is 56.4 Å². The van der Waals surface area contributed by atoms with Crippen LogP contribution in [0.3, 0.4) is 0 Å². The van der Waals surface area contributed by atoms with Crippen LogP contribution in [0.5, 0.6) is 0 Å². The van der Waals surface area contributed by atoms with E-state index in [0.717, 1.165) is 46.3 Å². The molecule has 4 aromatic carbocycles. The van der Waals surface area contributed by atoms with E-state index in [1.165, 1.54) is 22.3 Å². The summed E-state index contributed by atoms with van der Waals surface area (Å²) in [5.74, 6) is 0. The Morgan fingerprint density at radius 2 is 0.833 bits per heavy atom. The monoisotopic (exact) mass is 688 g/mol. The van der Waals surface area contributed by atoms with Crippen LogP contribution in [0.4, 0.5) is 11.4 Å². The van der Waals surface area contributed by atoms with Gasteiger partial charge in [-0.25, -0.2) is 0 Å². The molecule has 6 nitrogen and oxygen atoms in total. The Balaban J connectivity index is 0.00000154. The van der Waals surface area contributed by atoms with Crippen LogP contribution in [0.15, 0.2) is 122 Å². The third-order valence-electron chi connectivity index (χ3n) is 7.05. The average molecular weight is 690 g/mol. The molecule has 0 amide bonds. The van der Waals surface area contributed by atoms with Gasteiger partial charge in [0, 0.05) is 35.4 Å². The highest BCUT2D eigenvalue weighted by Crippen LogP contribution is 2.19. The first-order valence-corrected chi connectivity index (χ1v) is 12.8. The summed E-state index contributed by atoms with van der Waals surface area (Å²) in [6.45, 7) is 1.60. The number of nitrogens with zero attached hydrogens (tertiary/aromatic N) is 2. The van der Waals surface area contributed by atoms with Crippen molar-refractivity contribution in [2.24, 2.45) is 0 Å². The molecular weight excluding hydrogens is 656 g/mol. The molecule has 0 atom stereocenters. The molecule has 0 aliphatic rings. The van der Waals surface area contributed by atoms with Gasteiger partial charge >= 0.3 is 0 Å². The summed E-state index contributed by atoms with van der Waals surface area (Å²) in [6, 6.07) is 37.9. The van der Waals surface area contributed by atoms with Gasteiger partial charge in [-0.1, -0.05) is 84.9 Å². The van der Waals surface area contributed by atoms with E-state index in [2.05, 4.69) is 119 Å². The normalized spacial score (nSPS) is 10.4. The van der Waals surface area contributed by atoms with Gasteiger partial charge in [-0.3, -0.25) is 0 Å². The number of hydrogen-bond donors (Lipinski definition) is 2. The lowest BCUT2D eigenvalue weighted by Gasteiger charge is -2.05. The molecule has 0 saturated carbocycles.